The maximum absolute atomic E-state index is 5.45. The van der Waals surface area contributed by atoms with Crippen LogP contribution in [-0.2, 0) is 12.0 Å². The lowest BCUT2D eigenvalue weighted by molar-refractivity contribution is 0.455. The van der Waals surface area contributed by atoms with E-state index in [1.165, 1.54) is 5.69 Å². The molecule has 3 heteroatoms. The van der Waals surface area contributed by atoms with Gasteiger partial charge in [-0.2, -0.15) is 0 Å². The van der Waals surface area contributed by atoms with E-state index < -0.39 is 0 Å². The van der Waals surface area contributed by atoms with Crippen LogP contribution < -0.4 is 0 Å². The van der Waals surface area contributed by atoms with Crippen molar-refractivity contribution >= 4 is 12.2 Å². The zero-order valence-corrected chi connectivity index (χ0v) is 13.5. The average Bonchev–Trinajstić information content (AvgIpc) is 2.51. The molecule has 1 saturated carbocycles. The second-order valence-electron chi connectivity index (χ2n) is 7.84. The third-order valence-corrected chi connectivity index (χ3v) is 5.66. The molecular weight excluding hydrogens is 240 g/mol. The van der Waals surface area contributed by atoms with Gasteiger partial charge in [-0.3, -0.25) is 0 Å². The lowest BCUT2D eigenvalue weighted by atomic mass is 9.92. The van der Waals surface area contributed by atoms with Crippen LogP contribution in [0, 0.1) is 21.5 Å². The van der Waals surface area contributed by atoms with Gasteiger partial charge in [-0.05, 0) is 29.0 Å². The summed E-state index contributed by atoms with van der Waals surface area (Å²) < 4.78 is 3.16. The van der Waals surface area contributed by atoms with Crippen molar-refractivity contribution in [1.82, 2.24) is 9.55 Å². The van der Waals surface area contributed by atoms with Crippen LogP contribution in [0.15, 0.2) is 6.20 Å². The van der Waals surface area contributed by atoms with E-state index in [0.717, 1.165) is 11.3 Å². The van der Waals surface area contributed by atoms with Crippen molar-refractivity contribution < 1.29 is 0 Å². The second kappa shape index (κ2) is 3.72. The highest BCUT2D eigenvalue weighted by molar-refractivity contribution is 7.71. The van der Waals surface area contributed by atoms with Gasteiger partial charge >= 0.3 is 0 Å². The first-order chi connectivity index (χ1) is 7.99. The number of aromatic amines is 1. The van der Waals surface area contributed by atoms with Crippen LogP contribution in [0.1, 0.15) is 54.2 Å². The number of imidazole rings is 1. The molecule has 1 heterocycles. The maximum atomic E-state index is 5.45. The van der Waals surface area contributed by atoms with Gasteiger partial charge in [0.25, 0.3) is 0 Å². The van der Waals surface area contributed by atoms with Gasteiger partial charge in [0.15, 0.2) is 4.77 Å². The van der Waals surface area contributed by atoms with E-state index in [1.54, 1.807) is 0 Å². The molecule has 18 heavy (non-hydrogen) atoms. The molecular formula is C15H26N2S. The van der Waals surface area contributed by atoms with Crippen molar-refractivity contribution in [2.75, 3.05) is 0 Å². The number of H-pyrrole nitrogens is 1. The number of hydrogen-bond acceptors (Lipinski definition) is 1. The van der Waals surface area contributed by atoms with Crippen molar-refractivity contribution in [3.05, 3.63) is 16.7 Å². The third kappa shape index (κ3) is 1.87. The molecule has 1 fully saturated rings. The van der Waals surface area contributed by atoms with Crippen molar-refractivity contribution in [2.24, 2.45) is 16.7 Å². The molecule has 0 amide bonds. The summed E-state index contributed by atoms with van der Waals surface area (Å²) in [7, 11) is 0. The molecule has 0 radical (unpaired) electrons. The van der Waals surface area contributed by atoms with Gasteiger partial charge < -0.3 is 9.55 Å². The minimum Gasteiger partial charge on any atom is -0.337 e. The summed E-state index contributed by atoms with van der Waals surface area (Å²) in [6.07, 6.45) is 2.07. The van der Waals surface area contributed by atoms with Crippen LogP contribution in [0.4, 0.5) is 0 Å². The number of nitrogens with zero attached hydrogens (tertiary/aromatic N) is 1. The molecule has 0 bridgehead atoms. The van der Waals surface area contributed by atoms with Crippen LogP contribution >= 0.6 is 12.2 Å². The van der Waals surface area contributed by atoms with Crippen LogP contribution in [0.3, 0.4) is 0 Å². The first-order valence-corrected chi connectivity index (χ1v) is 7.19. The summed E-state index contributed by atoms with van der Waals surface area (Å²) in [5, 5.41) is 0. The van der Waals surface area contributed by atoms with E-state index in [0.29, 0.717) is 16.7 Å². The normalized spacial score (nSPS) is 22.2. The Hall–Kier alpha value is -0.570. The fourth-order valence-electron chi connectivity index (χ4n) is 3.17. The Bertz CT molecular complexity index is 497. The Morgan fingerprint density at radius 2 is 1.72 bits per heavy atom. The van der Waals surface area contributed by atoms with E-state index >= 15 is 0 Å². The van der Waals surface area contributed by atoms with Gasteiger partial charge in [0.05, 0.1) is 0 Å². The van der Waals surface area contributed by atoms with E-state index in [1.807, 2.05) is 0 Å². The monoisotopic (exact) mass is 266 g/mol. The summed E-state index contributed by atoms with van der Waals surface area (Å²) in [5.41, 5.74) is 2.27. The molecule has 1 aromatic heterocycles. The fraction of sp³-hybridized carbons (Fsp3) is 0.800. The highest BCUT2D eigenvalue weighted by Crippen LogP contribution is 2.68. The van der Waals surface area contributed by atoms with E-state index in [2.05, 4.69) is 64.2 Å². The molecule has 1 aromatic rings. The summed E-state index contributed by atoms with van der Waals surface area (Å²) >= 11 is 5.45. The SMILES string of the molecule is CC(C)(C)c1c[nH]c(=S)n1CC1C(C)(C)C1(C)C. The minimum atomic E-state index is 0.136. The van der Waals surface area contributed by atoms with Gasteiger partial charge in [0.1, 0.15) is 0 Å². The Balaban J connectivity index is 2.33. The predicted octanol–water partition coefficient (Wildman–Crippen LogP) is 4.53. The van der Waals surface area contributed by atoms with Gasteiger partial charge in [-0.1, -0.05) is 48.5 Å². The summed E-state index contributed by atoms with van der Waals surface area (Å²) in [6, 6.07) is 0. The molecule has 0 saturated heterocycles. The van der Waals surface area contributed by atoms with Crippen molar-refractivity contribution in [2.45, 2.75) is 60.4 Å². The summed E-state index contributed by atoms with van der Waals surface area (Å²) in [6.45, 7) is 17.2. The molecule has 0 atom stereocenters. The molecule has 0 unspecified atom stereocenters. The average molecular weight is 266 g/mol. The fourth-order valence-corrected chi connectivity index (χ4v) is 3.40. The number of rotatable bonds is 2. The predicted molar refractivity (Wildman–Crippen MR) is 79.4 cm³/mol. The topological polar surface area (TPSA) is 20.7 Å². The molecule has 1 aliphatic carbocycles. The van der Waals surface area contributed by atoms with Gasteiger partial charge in [-0.15, -0.1) is 0 Å². The quantitative estimate of drug-likeness (QED) is 0.780. The van der Waals surface area contributed by atoms with Crippen LogP contribution in [0.2, 0.25) is 0 Å². The number of hydrogen-bond donors (Lipinski definition) is 1. The zero-order chi connectivity index (χ0) is 13.9. The van der Waals surface area contributed by atoms with Gasteiger partial charge in [0, 0.05) is 23.9 Å². The number of nitrogens with one attached hydrogen (secondary N) is 1. The largest absolute Gasteiger partial charge is 0.337 e. The lowest BCUT2D eigenvalue weighted by Crippen LogP contribution is -2.19. The van der Waals surface area contributed by atoms with Crippen LogP contribution in [-0.4, -0.2) is 9.55 Å². The lowest BCUT2D eigenvalue weighted by Gasteiger charge is -2.21. The minimum absolute atomic E-state index is 0.136. The van der Waals surface area contributed by atoms with Gasteiger partial charge in [-0.25, -0.2) is 0 Å². The Kier molecular flexibility index (Phi) is 2.86. The zero-order valence-electron chi connectivity index (χ0n) is 12.7. The first kappa shape index (κ1) is 13.9. The van der Waals surface area contributed by atoms with E-state index in [-0.39, 0.29) is 5.41 Å². The van der Waals surface area contributed by atoms with Crippen molar-refractivity contribution in [1.29, 1.82) is 0 Å². The van der Waals surface area contributed by atoms with Crippen LogP contribution in [0.25, 0.3) is 0 Å². The third-order valence-electron chi connectivity index (χ3n) is 5.32. The van der Waals surface area contributed by atoms with Crippen LogP contribution in [0.5, 0.6) is 0 Å². The molecule has 2 rings (SSSR count). The Labute approximate surface area is 116 Å². The Morgan fingerprint density at radius 3 is 2.11 bits per heavy atom. The van der Waals surface area contributed by atoms with E-state index in [9.17, 15) is 0 Å². The molecule has 1 N–H and O–H groups in total. The first-order valence-electron chi connectivity index (χ1n) is 6.78. The maximum Gasteiger partial charge on any atom is 0.177 e. The van der Waals surface area contributed by atoms with Gasteiger partial charge in [0.2, 0.25) is 0 Å². The molecule has 102 valence electrons. The summed E-state index contributed by atoms with van der Waals surface area (Å²) in [5.74, 6) is 0.702. The second-order valence-corrected chi connectivity index (χ2v) is 8.22. The standard InChI is InChI=1S/C15H26N2S/c1-13(2,3)11-8-16-12(18)17(11)9-10-14(4,5)15(10,6)7/h8,10H,9H2,1-7H3,(H,16,18). The highest BCUT2D eigenvalue weighted by Gasteiger charge is 2.64. The Morgan fingerprint density at radius 1 is 1.22 bits per heavy atom. The number of aromatic nitrogens is 2. The molecule has 0 spiro atoms. The summed E-state index contributed by atoms with van der Waals surface area (Å²) in [4.78, 5) is 3.21. The molecule has 1 aliphatic rings. The molecule has 0 aliphatic heterocycles. The molecule has 2 nitrogen and oxygen atoms in total. The smallest absolute Gasteiger partial charge is 0.177 e. The van der Waals surface area contributed by atoms with E-state index in [4.69, 9.17) is 12.2 Å². The van der Waals surface area contributed by atoms with Crippen molar-refractivity contribution in [3.8, 4) is 0 Å². The van der Waals surface area contributed by atoms with Crippen molar-refractivity contribution in [3.63, 3.8) is 0 Å². The molecule has 0 aromatic carbocycles. The highest BCUT2D eigenvalue weighted by atomic mass is 32.1.